The van der Waals surface area contributed by atoms with Crippen molar-refractivity contribution in [3.05, 3.63) is 47.8 Å². The van der Waals surface area contributed by atoms with Gasteiger partial charge in [-0.05, 0) is 43.2 Å². The van der Waals surface area contributed by atoms with Crippen LogP contribution in [0.4, 0.5) is 0 Å². The highest BCUT2D eigenvalue weighted by Crippen LogP contribution is 2.60. The Bertz CT molecular complexity index is 767. The van der Waals surface area contributed by atoms with Gasteiger partial charge in [-0.2, -0.15) is 0 Å². The summed E-state index contributed by atoms with van der Waals surface area (Å²) in [7, 11) is -0.725. The molecule has 0 aliphatic rings. The number of hydrogen-bond acceptors (Lipinski definition) is 8. The van der Waals surface area contributed by atoms with Gasteiger partial charge in [0, 0.05) is 18.9 Å². The molecule has 0 radical (unpaired) electrons. The van der Waals surface area contributed by atoms with Crippen LogP contribution in [0.2, 0.25) is 0 Å². The number of aromatic nitrogens is 1. The lowest BCUT2D eigenvalue weighted by Gasteiger charge is -2.28. The normalized spacial score (nSPS) is 12.6. The van der Waals surface area contributed by atoms with E-state index >= 15 is 0 Å². The molecule has 1 aromatic carbocycles. The number of phenolic OH excluding ortho intramolecular Hbond substituents is 1. The first-order chi connectivity index (χ1) is 13.5. The van der Waals surface area contributed by atoms with Crippen LogP contribution >= 0.6 is 7.60 Å². The summed E-state index contributed by atoms with van der Waals surface area (Å²) in [5.41, 5.74) is 1.45. The fourth-order valence-electron chi connectivity index (χ4n) is 2.75. The van der Waals surface area contributed by atoms with Gasteiger partial charge in [-0.1, -0.05) is 6.07 Å². The second-order valence-corrected chi connectivity index (χ2v) is 7.91. The average Bonchev–Trinajstić information content (AvgIpc) is 2.70. The molecular weight excluding hydrogens is 383 g/mol. The van der Waals surface area contributed by atoms with Gasteiger partial charge in [-0.15, -0.1) is 0 Å². The standard InChI is InChI=1S/C19H27N2O6P/c1-5-26-28(23,27-6-2)19(21-13-14-8-7-9-20-12-14)15-10-16(24-3)18(22)17(11-15)25-4/h7-12,19,21-22H,5-6,13H2,1-4H3. The monoisotopic (exact) mass is 410 g/mol. The van der Waals surface area contributed by atoms with Gasteiger partial charge in [0.15, 0.2) is 11.5 Å². The molecule has 9 heteroatoms. The fourth-order valence-corrected chi connectivity index (χ4v) is 4.67. The van der Waals surface area contributed by atoms with Crippen molar-refractivity contribution in [3.63, 3.8) is 0 Å². The third kappa shape index (κ3) is 5.23. The Labute approximate surface area is 165 Å². The van der Waals surface area contributed by atoms with E-state index in [-0.39, 0.29) is 30.5 Å². The first kappa shape index (κ1) is 22.2. The van der Waals surface area contributed by atoms with Crippen LogP contribution in [-0.4, -0.2) is 37.5 Å². The molecule has 1 atom stereocenters. The molecule has 0 aliphatic heterocycles. The molecule has 8 nitrogen and oxygen atoms in total. The lowest BCUT2D eigenvalue weighted by atomic mass is 10.1. The highest BCUT2D eigenvalue weighted by molar-refractivity contribution is 7.54. The molecule has 0 fully saturated rings. The zero-order chi connectivity index (χ0) is 20.6. The summed E-state index contributed by atoms with van der Waals surface area (Å²) < 4.78 is 35.1. The predicted molar refractivity (Wildman–Crippen MR) is 106 cm³/mol. The third-order valence-electron chi connectivity index (χ3n) is 3.97. The summed E-state index contributed by atoms with van der Waals surface area (Å²) >= 11 is 0. The molecular formula is C19H27N2O6P. The Balaban J connectivity index is 2.49. The van der Waals surface area contributed by atoms with Gasteiger partial charge in [0.05, 0.1) is 27.4 Å². The van der Waals surface area contributed by atoms with E-state index in [1.165, 1.54) is 14.2 Å². The Hall–Kier alpha value is -2.12. The molecule has 2 aromatic rings. The van der Waals surface area contributed by atoms with Crippen LogP contribution < -0.4 is 14.8 Å². The summed E-state index contributed by atoms with van der Waals surface area (Å²) in [6.07, 6.45) is 3.40. The number of aromatic hydroxyl groups is 1. The van der Waals surface area contributed by atoms with Crippen LogP contribution in [0, 0.1) is 0 Å². The van der Waals surface area contributed by atoms with Gasteiger partial charge >= 0.3 is 7.60 Å². The minimum atomic E-state index is -3.59. The van der Waals surface area contributed by atoms with E-state index in [2.05, 4.69) is 10.3 Å². The van der Waals surface area contributed by atoms with Crippen molar-refractivity contribution in [2.24, 2.45) is 0 Å². The average molecular weight is 410 g/mol. The van der Waals surface area contributed by atoms with Crippen molar-refractivity contribution in [3.8, 4) is 17.2 Å². The second kappa shape index (κ2) is 10.4. The van der Waals surface area contributed by atoms with Crippen molar-refractivity contribution in [1.82, 2.24) is 10.3 Å². The number of nitrogens with one attached hydrogen (secondary N) is 1. The minimum Gasteiger partial charge on any atom is -0.502 e. The molecule has 0 amide bonds. The number of nitrogens with zero attached hydrogens (tertiary/aromatic N) is 1. The number of phenols is 1. The van der Waals surface area contributed by atoms with Crippen LogP contribution in [0.25, 0.3) is 0 Å². The summed E-state index contributed by atoms with van der Waals surface area (Å²) in [6.45, 7) is 4.32. The highest BCUT2D eigenvalue weighted by Gasteiger charge is 2.37. The maximum Gasteiger partial charge on any atom is 0.351 e. The molecule has 0 bridgehead atoms. The summed E-state index contributed by atoms with van der Waals surface area (Å²) in [6, 6.07) is 6.90. The van der Waals surface area contributed by atoms with E-state index in [1.54, 1.807) is 38.4 Å². The number of pyridine rings is 1. The Morgan fingerprint density at radius 2 is 1.75 bits per heavy atom. The van der Waals surface area contributed by atoms with Crippen molar-refractivity contribution < 1.29 is 28.2 Å². The topological polar surface area (TPSA) is 99.1 Å². The number of methoxy groups -OCH3 is 2. The molecule has 0 spiro atoms. The van der Waals surface area contributed by atoms with Crippen LogP contribution in [0.3, 0.4) is 0 Å². The quantitative estimate of drug-likeness (QED) is 0.539. The number of rotatable bonds is 11. The Morgan fingerprint density at radius 3 is 2.21 bits per heavy atom. The minimum absolute atomic E-state index is 0.137. The van der Waals surface area contributed by atoms with Crippen molar-refractivity contribution in [1.29, 1.82) is 0 Å². The molecule has 0 aliphatic carbocycles. The van der Waals surface area contributed by atoms with Gasteiger partial charge in [-0.3, -0.25) is 14.9 Å². The van der Waals surface area contributed by atoms with Gasteiger partial charge in [0.2, 0.25) is 5.75 Å². The lowest BCUT2D eigenvalue weighted by Crippen LogP contribution is -2.23. The molecule has 0 saturated heterocycles. The Kier molecular flexibility index (Phi) is 8.26. The van der Waals surface area contributed by atoms with Crippen molar-refractivity contribution in [2.75, 3.05) is 27.4 Å². The van der Waals surface area contributed by atoms with Crippen molar-refractivity contribution in [2.45, 2.75) is 26.2 Å². The summed E-state index contributed by atoms with van der Waals surface area (Å²) in [5.74, 6) is -0.553. The molecule has 1 aromatic heterocycles. The van der Waals surface area contributed by atoms with E-state index in [1.807, 2.05) is 12.1 Å². The van der Waals surface area contributed by atoms with Crippen LogP contribution in [0.15, 0.2) is 36.7 Å². The summed E-state index contributed by atoms with van der Waals surface area (Å²) in [4.78, 5) is 4.09. The zero-order valence-corrected chi connectivity index (χ0v) is 17.4. The second-order valence-electron chi connectivity index (χ2n) is 5.79. The smallest absolute Gasteiger partial charge is 0.351 e. The predicted octanol–water partition coefficient (Wildman–Crippen LogP) is 3.86. The Morgan fingerprint density at radius 1 is 1.14 bits per heavy atom. The first-order valence-electron chi connectivity index (χ1n) is 8.95. The van der Waals surface area contributed by atoms with Crippen LogP contribution in [0.1, 0.15) is 30.8 Å². The molecule has 2 N–H and O–H groups in total. The van der Waals surface area contributed by atoms with Crippen molar-refractivity contribution >= 4 is 7.60 Å². The molecule has 1 heterocycles. The molecule has 154 valence electrons. The molecule has 2 rings (SSSR count). The largest absolute Gasteiger partial charge is 0.502 e. The molecule has 0 saturated carbocycles. The fraction of sp³-hybridized carbons (Fsp3) is 0.421. The lowest BCUT2D eigenvalue weighted by molar-refractivity contribution is 0.207. The molecule has 1 unspecified atom stereocenters. The highest BCUT2D eigenvalue weighted by atomic mass is 31.2. The maximum atomic E-state index is 13.6. The van der Waals surface area contributed by atoms with E-state index in [0.717, 1.165) is 5.56 Å². The van der Waals surface area contributed by atoms with Gasteiger partial charge < -0.3 is 23.6 Å². The van der Waals surface area contributed by atoms with E-state index in [4.69, 9.17) is 18.5 Å². The van der Waals surface area contributed by atoms with E-state index < -0.39 is 13.4 Å². The summed E-state index contributed by atoms with van der Waals surface area (Å²) in [5, 5.41) is 13.4. The van der Waals surface area contributed by atoms with Gasteiger partial charge in [0.1, 0.15) is 5.78 Å². The van der Waals surface area contributed by atoms with Gasteiger partial charge in [-0.25, -0.2) is 0 Å². The van der Waals surface area contributed by atoms with Gasteiger partial charge in [0.25, 0.3) is 0 Å². The number of ether oxygens (including phenoxy) is 2. The van der Waals surface area contributed by atoms with Crippen LogP contribution in [-0.2, 0) is 20.2 Å². The molecule has 28 heavy (non-hydrogen) atoms. The maximum absolute atomic E-state index is 13.6. The zero-order valence-electron chi connectivity index (χ0n) is 16.5. The van der Waals surface area contributed by atoms with E-state index in [9.17, 15) is 9.67 Å². The SMILES string of the molecule is CCOP(=O)(OCC)C(NCc1cccnc1)c1cc(OC)c(O)c(OC)c1. The third-order valence-corrected chi connectivity index (χ3v) is 6.32. The van der Waals surface area contributed by atoms with E-state index in [0.29, 0.717) is 12.1 Å². The number of hydrogen-bond donors (Lipinski definition) is 2. The number of benzene rings is 1. The van der Waals surface area contributed by atoms with Crippen LogP contribution in [0.5, 0.6) is 17.2 Å². The first-order valence-corrected chi connectivity index (χ1v) is 10.6.